The van der Waals surface area contributed by atoms with Crippen molar-refractivity contribution in [2.75, 3.05) is 0 Å². The molecule has 1 atom stereocenters. The second-order valence-electron chi connectivity index (χ2n) is 3.76. The van der Waals surface area contributed by atoms with Gasteiger partial charge in [0.2, 0.25) is 0 Å². The molecule has 0 saturated carbocycles. The van der Waals surface area contributed by atoms with Crippen molar-refractivity contribution in [2.24, 2.45) is 0 Å². The zero-order valence-electron chi connectivity index (χ0n) is 9.00. The summed E-state index contributed by atoms with van der Waals surface area (Å²) >= 11 is 1.57. The molecule has 1 heterocycles. The van der Waals surface area contributed by atoms with Crippen LogP contribution in [0.15, 0.2) is 59.5 Å². The SMILES string of the molecule is O=C1O[C@H](c2ccccc2)Sc2ccccc21. The van der Waals surface area contributed by atoms with E-state index in [2.05, 4.69) is 0 Å². The van der Waals surface area contributed by atoms with Crippen molar-refractivity contribution >= 4 is 17.7 Å². The van der Waals surface area contributed by atoms with E-state index in [1.807, 2.05) is 48.5 Å². The third-order valence-electron chi connectivity index (χ3n) is 2.63. The quantitative estimate of drug-likeness (QED) is 0.714. The average molecular weight is 242 g/mol. The number of ether oxygens (including phenoxy) is 1. The van der Waals surface area contributed by atoms with E-state index in [1.165, 1.54) is 0 Å². The first-order valence-corrected chi connectivity index (χ1v) is 6.24. The Bertz CT molecular complexity index is 551. The van der Waals surface area contributed by atoms with Crippen LogP contribution in [0.4, 0.5) is 0 Å². The van der Waals surface area contributed by atoms with Gasteiger partial charge in [0.1, 0.15) is 0 Å². The molecule has 3 rings (SSSR count). The van der Waals surface area contributed by atoms with Crippen LogP contribution in [-0.2, 0) is 4.74 Å². The maximum Gasteiger partial charge on any atom is 0.340 e. The summed E-state index contributed by atoms with van der Waals surface area (Å²) in [6.45, 7) is 0. The van der Waals surface area contributed by atoms with E-state index < -0.39 is 0 Å². The lowest BCUT2D eigenvalue weighted by molar-refractivity contribution is 0.0440. The second-order valence-corrected chi connectivity index (χ2v) is 4.87. The molecule has 2 aromatic rings. The predicted molar refractivity (Wildman–Crippen MR) is 66.9 cm³/mol. The first kappa shape index (κ1) is 10.4. The molecule has 1 aliphatic rings. The van der Waals surface area contributed by atoms with Gasteiger partial charge in [0.05, 0.1) is 5.56 Å². The molecule has 0 unspecified atom stereocenters. The number of hydrogen-bond donors (Lipinski definition) is 0. The molecular formula is C14H10O2S. The Balaban J connectivity index is 1.97. The topological polar surface area (TPSA) is 26.3 Å². The number of thioether (sulfide) groups is 1. The lowest BCUT2D eigenvalue weighted by Gasteiger charge is -2.23. The number of rotatable bonds is 1. The maximum absolute atomic E-state index is 11.8. The molecule has 2 aromatic carbocycles. The zero-order chi connectivity index (χ0) is 11.7. The Morgan fingerprint density at radius 1 is 0.941 bits per heavy atom. The van der Waals surface area contributed by atoms with Gasteiger partial charge in [0.15, 0.2) is 5.44 Å². The fourth-order valence-corrected chi connectivity index (χ4v) is 2.88. The fourth-order valence-electron chi connectivity index (χ4n) is 1.78. The molecule has 3 heteroatoms. The number of carbonyl (C=O) groups is 1. The molecule has 2 nitrogen and oxygen atoms in total. The Morgan fingerprint density at radius 3 is 2.47 bits per heavy atom. The van der Waals surface area contributed by atoms with Crippen LogP contribution in [0.25, 0.3) is 0 Å². The van der Waals surface area contributed by atoms with Gasteiger partial charge in [0, 0.05) is 10.5 Å². The van der Waals surface area contributed by atoms with E-state index in [-0.39, 0.29) is 11.4 Å². The molecule has 0 bridgehead atoms. The summed E-state index contributed by atoms with van der Waals surface area (Å²) in [5.41, 5.74) is 1.43. The maximum atomic E-state index is 11.8. The van der Waals surface area contributed by atoms with Crippen molar-refractivity contribution in [2.45, 2.75) is 10.3 Å². The summed E-state index contributed by atoms with van der Waals surface area (Å²) in [6.07, 6.45) is 0. The fraction of sp³-hybridized carbons (Fsp3) is 0.0714. The van der Waals surface area contributed by atoms with Gasteiger partial charge in [-0.1, -0.05) is 54.2 Å². The van der Waals surface area contributed by atoms with Gasteiger partial charge in [-0.15, -0.1) is 0 Å². The van der Waals surface area contributed by atoms with Gasteiger partial charge in [-0.3, -0.25) is 0 Å². The summed E-state index contributed by atoms with van der Waals surface area (Å²) in [5, 5.41) is 0. The van der Waals surface area contributed by atoms with Crippen molar-refractivity contribution in [1.29, 1.82) is 0 Å². The number of fused-ring (bicyclic) bond motifs is 1. The van der Waals surface area contributed by atoms with Crippen molar-refractivity contribution in [3.8, 4) is 0 Å². The van der Waals surface area contributed by atoms with Gasteiger partial charge in [0.25, 0.3) is 0 Å². The van der Waals surface area contributed by atoms with Crippen LogP contribution in [0.2, 0.25) is 0 Å². The molecule has 0 amide bonds. The minimum absolute atomic E-state index is 0.237. The van der Waals surface area contributed by atoms with Crippen molar-refractivity contribution in [3.63, 3.8) is 0 Å². The van der Waals surface area contributed by atoms with Crippen molar-refractivity contribution < 1.29 is 9.53 Å². The zero-order valence-corrected chi connectivity index (χ0v) is 9.81. The van der Waals surface area contributed by atoms with E-state index in [1.54, 1.807) is 17.8 Å². The summed E-state index contributed by atoms with van der Waals surface area (Å²) in [5.74, 6) is -0.242. The molecule has 0 spiro atoms. The number of carbonyl (C=O) groups excluding carboxylic acids is 1. The molecule has 84 valence electrons. The Hall–Kier alpha value is -1.74. The van der Waals surface area contributed by atoms with E-state index in [0.717, 1.165) is 10.5 Å². The highest BCUT2D eigenvalue weighted by atomic mass is 32.2. The van der Waals surface area contributed by atoms with E-state index >= 15 is 0 Å². The molecule has 0 N–H and O–H groups in total. The second kappa shape index (κ2) is 4.26. The smallest absolute Gasteiger partial charge is 0.340 e. The highest BCUT2D eigenvalue weighted by Crippen LogP contribution is 2.42. The van der Waals surface area contributed by atoms with Gasteiger partial charge >= 0.3 is 5.97 Å². The summed E-state index contributed by atoms with van der Waals surface area (Å²) in [6, 6.07) is 17.3. The van der Waals surface area contributed by atoms with Crippen molar-refractivity contribution in [3.05, 3.63) is 65.7 Å². The number of cyclic esters (lactones) is 1. The van der Waals surface area contributed by atoms with Crippen molar-refractivity contribution in [1.82, 2.24) is 0 Å². The lowest BCUT2D eigenvalue weighted by Crippen LogP contribution is -2.15. The average Bonchev–Trinajstić information content (AvgIpc) is 2.40. The molecule has 0 aromatic heterocycles. The number of hydrogen-bond acceptors (Lipinski definition) is 3. The van der Waals surface area contributed by atoms with Gasteiger partial charge in [-0.05, 0) is 12.1 Å². The van der Waals surface area contributed by atoms with Crippen LogP contribution in [0.5, 0.6) is 0 Å². The Kier molecular flexibility index (Phi) is 2.61. The molecule has 0 fully saturated rings. The monoisotopic (exact) mass is 242 g/mol. The standard InChI is InChI=1S/C14H10O2S/c15-13-11-8-4-5-9-12(11)17-14(16-13)10-6-2-1-3-7-10/h1-9,14H/t14-/m0/s1. The first-order chi connectivity index (χ1) is 8.34. The van der Waals surface area contributed by atoms with E-state index in [9.17, 15) is 4.79 Å². The Labute approximate surface area is 104 Å². The van der Waals surface area contributed by atoms with Crippen LogP contribution in [0, 0.1) is 0 Å². The molecule has 17 heavy (non-hydrogen) atoms. The Morgan fingerprint density at radius 2 is 1.65 bits per heavy atom. The molecular weight excluding hydrogens is 232 g/mol. The predicted octanol–water partition coefficient (Wildman–Crippen LogP) is 3.65. The molecule has 0 radical (unpaired) electrons. The lowest BCUT2D eigenvalue weighted by atomic mass is 10.2. The first-order valence-electron chi connectivity index (χ1n) is 5.36. The summed E-state index contributed by atoms with van der Waals surface area (Å²) < 4.78 is 5.42. The molecule has 0 saturated heterocycles. The number of benzene rings is 2. The highest BCUT2D eigenvalue weighted by molar-refractivity contribution is 7.99. The van der Waals surface area contributed by atoms with Gasteiger partial charge in [-0.25, -0.2) is 4.79 Å². The normalized spacial score (nSPS) is 18.4. The third kappa shape index (κ3) is 1.94. The van der Waals surface area contributed by atoms with Gasteiger partial charge < -0.3 is 4.74 Å². The highest BCUT2D eigenvalue weighted by Gasteiger charge is 2.27. The summed E-state index contributed by atoms with van der Waals surface area (Å²) in [7, 11) is 0. The van der Waals surface area contributed by atoms with Crippen LogP contribution < -0.4 is 0 Å². The largest absolute Gasteiger partial charge is 0.442 e. The summed E-state index contributed by atoms with van der Waals surface area (Å²) in [4.78, 5) is 12.8. The van der Waals surface area contributed by atoms with Crippen LogP contribution in [-0.4, -0.2) is 5.97 Å². The third-order valence-corrected chi connectivity index (χ3v) is 3.82. The van der Waals surface area contributed by atoms with E-state index in [0.29, 0.717) is 5.56 Å². The van der Waals surface area contributed by atoms with Gasteiger partial charge in [-0.2, -0.15) is 0 Å². The van der Waals surface area contributed by atoms with E-state index in [4.69, 9.17) is 4.74 Å². The molecule has 0 aliphatic carbocycles. The minimum atomic E-state index is -0.242. The van der Waals surface area contributed by atoms with Crippen LogP contribution in [0.3, 0.4) is 0 Å². The molecule has 1 aliphatic heterocycles. The van der Waals surface area contributed by atoms with Crippen LogP contribution >= 0.6 is 11.8 Å². The number of esters is 1. The van der Waals surface area contributed by atoms with Crippen LogP contribution in [0.1, 0.15) is 21.4 Å². The minimum Gasteiger partial charge on any atom is -0.442 e.